The van der Waals surface area contributed by atoms with Crippen molar-refractivity contribution >= 4 is 9.84 Å². The molecule has 0 saturated carbocycles. The Kier molecular flexibility index (Phi) is 4.85. The summed E-state index contributed by atoms with van der Waals surface area (Å²) in [4.78, 5) is 23.4. The SMILES string of the molecule is CS(=O)(=O)CCn1ccc(=O)n(CCCN)c1=O. The van der Waals surface area contributed by atoms with E-state index in [2.05, 4.69) is 0 Å². The summed E-state index contributed by atoms with van der Waals surface area (Å²) in [5.74, 6) is -0.137. The van der Waals surface area contributed by atoms with Crippen molar-refractivity contribution in [2.24, 2.45) is 5.73 Å². The number of rotatable bonds is 6. The van der Waals surface area contributed by atoms with Gasteiger partial charge in [0.2, 0.25) is 0 Å². The van der Waals surface area contributed by atoms with Crippen molar-refractivity contribution < 1.29 is 8.42 Å². The lowest BCUT2D eigenvalue weighted by molar-refractivity contribution is 0.543. The first-order chi connectivity index (χ1) is 8.35. The third-order valence-corrected chi connectivity index (χ3v) is 3.35. The predicted molar refractivity (Wildman–Crippen MR) is 68.3 cm³/mol. The molecule has 2 N–H and O–H groups in total. The van der Waals surface area contributed by atoms with Crippen LogP contribution in [0.1, 0.15) is 6.42 Å². The van der Waals surface area contributed by atoms with Gasteiger partial charge < -0.3 is 5.73 Å². The molecule has 0 saturated heterocycles. The maximum atomic E-state index is 11.9. The number of sulfone groups is 1. The summed E-state index contributed by atoms with van der Waals surface area (Å²) in [5.41, 5.74) is 4.43. The van der Waals surface area contributed by atoms with Gasteiger partial charge in [0.05, 0.1) is 5.75 Å². The number of hydrogen-bond donors (Lipinski definition) is 1. The molecule has 8 heteroatoms. The van der Waals surface area contributed by atoms with Crippen LogP contribution in [0, 0.1) is 0 Å². The van der Waals surface area contributed by atoms with E-state index in [9.17, 15) is 18.0 Å². The van der Waals surface area contributed by atoms with Gasteiger partial charge >= 0.3 is 5.69 Å². The van der Waals surface area contributed by atoms with E-state index in [1.54, 1.807) is 0 Å². The fraction of sp³-hybridized carbons (Fsp3) is 0.600. The van der Waals surface area contributed by atoms with Crippen LogP contribution in [0.4, 0.5) is 0 Å². The van der Waals surface area contributed by atoms with Crippen LogP contribution in [0.3, 0.4) is 0 Å². The molecule has 0 bridgehead atoms. The highest BCUT2D eigenvalue weighted by molar-refractivity contribution is 7.90. The number of aromatic nitrogens is 2. The van der Waals surface area contributed by atoms with Crippen LogP contribution in [0.25, 0.3) is 0 Å². The first kappa shape index (κ1) is 14.7. The molecular formula is C10H17N3O4S. The molecule has 1 aromatic heterocycles. The summed E-state index contributed by atoms with van der Waals surface area (Å²) in [5, 5.41) is 0. The first-order valence-electron chi connectivity index (χ1n) is 5.53. The standard InChI is InChI=1S/C10H17N3O4S/c1-18(16,17)8-7-12-6-3-9(14)13(10(12)15)5-2-4-11/h3,6H,2,4-5,7-8,11H2,1H3. The average molecular weight is 275 g/mol. The molecule has 1 aromatic rings. The van der Waals surface area contributed by atoms with Crippen molar-refractivity contribution in [2.45, 2.75) is 19.5 Å². The quantitative estimate of drug-likeness (QED) is 0.673. The summed E-state index contributed by atoms with van der Waals surface area (Å²) in [7, 11) is -3.15. The zero-order chi connectivity index (χ0) is 13.8. The van der Waals surface area contributed by atoms with Gasteiger partial charge in [0.1, 0.15) is 9.84 Å². The van der Waals surface area contributed by atoms with Crippen molar-refractivity contribution in [3.05, 3.63) is 33.1 Å². The smallest absolute Gasteiger partial charge is 0.330 e. The summed E-state index contributed by atoms with van der Waals surface area (Å²) in [6.07, 6.45) is 2.93. The summed E-state index contributed by atoms with van der Waals surface area (Å²) in [6, 6.07) is 1.25. The first-order valence-corrected chi connectivity index (χ1v) is 7.59. The van der Waals surface area contributed by atoms with Gasteiger partial charge in [0.25, 0.3) is 5.56 Å². The molecule has 0 spiro atoms. The molecule has 0 aromatic carbocycles. The van der Waals surface area contributed by atoms with Crippen molar-refractivity contribution in [3.8, 4) is 0 Å². The minimum absolute atomic E-state index is 0.0422. The van der Waals surface area contributed by atoms with Gasteiger partial charge in [-0.05, 0) is 13.0 Å². The molecule has 1 heterocycles. The highest BCUT2D eigenvalue weighted by Crippen LogP contribution is 1.87. The fourth-order valence-corrected chi connectivity index (χ4v) is 1.97. The molecule has 7 nitrogen and oxygen atoms in total. The Labute approximate surface area is 105 Å². The van der Waals surface area contributed by atoms with E-state index in [0.29, 0.717) is 13.0 Å². The topological polar surface area (TPSA) is 104 Å². The third-order valence-electron chi connectivity index (χ3n) is 2.43. The monoisotopic (exact) mass is 275 g/mol. The van der Waals surface area contributed by atoms with Gasteiger partial charge in [-0.3, -0.25) is 13.9 Å². The predicted octanol–water partition coefficient (Wildman–Crippen LogP) is -1.60. The van der Waals surface area contributed by atoms with Crippen molar-refractivity contribution in [1.29, 1.82) is 0 Å². The average Bonchev–Trinajstić information content (AvgIpc) is 2.26. The second-order valence-corrected chi connectivity index (χ2v) is 6.31. The maximum absolute atomic E-state index is 11.9. The van der Waals surface area contributed by atoms with Crippen LogP contribution in [0.15, 0.2) is 21.9 Å². The van der Waals surface area contributed by atoms with Crippen LogP contribution in [0.5, 0.6) is 0 Å². The van der Waals surface area contributed by atoms with Crippen molar-refractivity contribution in [3.63, 3.8) is 0 Å². The molecule has 18 heavy (non-hydrogen) atoms. The molecule has 102 valence electrons. The maximum Gasteiger partial charge on any atom is 0.330 e. The van der Waals surface area contributed by atoms with Gasteiger partial charge in [-0.2, -0.15) is 0 Å². The molecule has 0 aliphatic carbocycles. The van der Waals surface area contributed by atoms with E-state index in [1.165, 1.54) is 16.8 Å². The number of nitrogens with zero attached hydrogens (tertiary/aromatic N) is 2. The Morgan fingerprint density at radius 1 is 1.28 bits per heavy atom. The van der Waals surface area contributed by atoms with Gasteiger partial charge in [-0.1, -0.05) is 0 Å². The largest absolute Gasteiger partial charge is 0.330 e. The van der Waals surface area contributed by atoms with Crippen LogP contribution < -0.4 is 17.0 Å². The number of nitrogens with two attached hydrogens (primary N) is 1. The van der Waals surface area contributed by atoms with Gasteiger partial charge in [-0.15, -0.1) is 0 Å². The van der Waals surface area contributed by atoms with Gasteiger partial charge in [-0.25, -0.2) is 13.2 Å². The zero-order valence-electron chi connectivity index (χ0n) is 10.2. The molecule has 1 rings (SSSR count). The fourth-order valence-electron chi connectivity index (χ4n) is 1.45. The minimum Gasteiger partial charge on any atom is -0.330 e. The Balaban J connectivity index is 3.01. The Hall–Kier alpha value is -1.41. The summed E-state index contributed by atoms with van der Waals surface area (Å²) >= 11 is 0. The van der Waals surface area contributed by atoms with Gasteiger partial charge in [0.15, 0.2) is 0 Å². The molecule has 0 aliphatic rings. The Bertz CT molecular complexity index is 615. The molecule has 0 radical (unpaired) electrons. The van der Waals surface area contributed by atoms with E-state index in [0.717, 1.165) is 10.8 Å². The lowest BCUT2D eigenvalue weighted by Gasteiger charge is -2.08. The second kappa shape index (κ2) is 5.96. The highest BCUT2D eigenvalue weighted by atomic mass is 32.2. The molecule has 0 atom stereocenters. The third kappa shape index (κ3) is 4.11. The van der Waals surface area contributed by atoms with E-state index in [-0.39, 0.29) is 18.8 Å². The minimum atomic E-state index is -3.15. The van der Waals surface area contributed by atoms with Crippen LogP contribution in [0.2, 0.25) is 0 Å². The highest BCUT2D eigenvalue weighted by Gasteiger charge is 2.07. The Morgan fingerprint density at radius 2 is 1.94 bits per heavy atom. The Morgan fingerprint density at radius 3 is 2.50 bits per heavy atom. The van der Waals surface area contributed by atoms with E-state index >= 15 is 0 Å². The van der Waals surface area contributed by atoms with E-state index in [1.807, 2.05) is 0 Å². The molecule has 0 fully saturated rings. The molecule has 0 unspecified atom stereocenters. The molecule has 0 aliphatic heterocycles. The second-order valence-electron chi connectivity index (χ2n) is 4.05. The zero-order valence-corrected chi connectivity index (χ0v) is 11.0. The molecular weight excluding hydrogens is 258 g/mol. The summed E-state index contributed by atoms with van der Waals surface area (Å²) in [6.45, 7) is 0.665. The normalized spacial score (nSPS) is 11.7. The molecule has 0 amide bonds. The summed E-state index contributed by atoms with van der Waals surface area (Å²) < 4.78 is 24.4. The van der Waals surface area contributed by atoms with E-state index in [4.69, 9.17) is 5.73 Å². The van der Waals surface area contributed by atoms with Crippen LogP contribution in [-0.2, 0) is 22.9 Å². The lowest BCUT2D eigenvalue weighted by Crippen LogP contribution is -2.40. The van der Waals surface area contributed by atoms with E-state index < -0.39 is 21.1 Å². The van der Waals surface area contributed by atoms with Crippen LogP contribution >= 0.6 is 0 Å². The van der Waals surface area contributed by atoms with Gasteiger partial charge in [0, 0.05) is 31.6 Å². The number of aryl methyl sites for hydroxylation is 1. The van der Waals surface area contributed by atoms with Crippen molar-refractivity contribution in [1.82, 2.24) is 9.13 Å². The van der Waals surface area contributed by atoms with Crippen LogP contribution in [-0.4, -0.2) is 36.1 Å². The number of hydrogen-bond acceptors (Lipinski definition) is 5. The van der Waals surface area contributed by atoms with Crippen molar-refractivity contribution in [2.75, 3.05) is 18.6 Å². The lowest BCUT2D eigenvalue weighted by atomic mass is 10.4.